The zero-order chi connectivity index (χ0) is 16.4. The van der Waals surface area contributed by atoms with Gasteiger partial charge >= 0.3 is 6.18 Å². The molecule has 0 radical (unpaired) electrons. The summed E-state index contributed by atoms with van der Waals surface area (Å²) in [6, 6.07) is 13.9. The van der Waals surface area contributed by atoms with Crippen LogP contribution in [-0.4, -0.2) is 10.2 Å². The van der Waals surface area contributed by atoms with E-state index in [4.69, 9.17) is 0 Å². The van der Waals surface area contributed by atoms with Gasteiger partial charge in [0.15, 0.2) is 0 Å². The Hall–Kier alpha value is -2.34. The van der Waals surface area contributed by atoms with Crippen molar-refractivity contribution in [3.63, 3.8) is 0 Å². The van der Waals surface area contributed by atoms with Crippen LogP contribution in [0.4, 0.5) is 13.2 Å². The molecule has 3 rings (SSSR count). The summed E-state index contributed by atoms with van der Waals surface area (Å²) < 4.78 is 37.6. The van der Waals surface area contributed by atoms with Crippen LogP contribution in [0.15, 0.2) is 65.3 Å². The molecule has 1 aliphatic heterocycles. The number of benzene rings is 2. The molecule has 0 amide bonds. The van der Waals surface area contributed by atoms with E-state index in [-0.39, 0.29) is 10.8 Å². The Kier molecular flexibility index (Phi) is 4.09. The van der Waals surface area contributed by atoms with Gasteiger partial charge in [0.1, 0.15) is 10.7 Å². The first-order valence-electron chi connectivity index (χ1n) is 6.69. The fourth-order valence-electron chi connectivity index (χ4n) is 2.04. The number of hydrogen-bond donors (Lipinski definition) is 0. The molecule has 0 spiro atoms. The van der Waals surface area contributed by atoms with E-state index in [0.717, 1.165) is 29.5 Å². The number of thioether (sulfide) groups is 1. The molecule has 0 saturated heterocycles. The second kappa shape index (κ2) is 6.04. The Bertz CT molecular complexity index is 793. The van der Waals surface area contributed by atoms with Gasteiger partial charge < -0.3 is 0 Å². The highest BCUT2D eigenvalue weighted by Crippen LogP contribution is 2.31. The maximum Gasteiger partial charge on any atom is 0.416 e. The lowest BCUT2D eigenvalue weighted by molar-refractivity contribution is -0.137. The molecule has 0 fully saturated rings. The molecule has 0 bridgehead atoms. The molecule has 0 unspecified atom stereocenters. The van der Waals surface area contributed by atoms with Crippen molar-refractivity contribution in [1.29, 1.82) is 0 Å². The quantitative estimate of drug-likeness (QED) is 0.741. The lowest BCUT2D eigenvalue weighted by Gasteiger charge is -2.05. The summed E-state index contributed by atoms with van der Waals surface area (Å²) in [4.78, 5) is 16.3. The van der Waals surface area contributed by atoms with Gasteiger partial charge in [-0.15, -0.1) is 0 Å². The minimum absolute atomic E-state index is 0.219. The van der Waals surface area contributed by atoms with E-state index in [2.05, 4.69) is 4.99 Å². The topological polar surface area (TPSA) is 29.4 Å². The molecule has 0 atom stereocenters. The number of carbonyl (C=O) groups excluding carboxylic acids is 1. The molecular weight excluding hydrogens is 323 g/mol. The lowest BCUT2D eigenvalue weighted by atomic mass is 10.1. The SMILES string of the molecule is O=C1SC(c2ccccc2)=NC1=Cc1ccc(C(F)(F)F)cc1. The van der Waals surface area contributed by atoms with Crippen molar-refractivity contribution in [3.05, 3.63) is 77.0 Å². The van der Waals surface area contributed by atoms with Gasteiger partial charge in [0.05, 0.1) is 5.56 Å². The second-order valence-corrected chi connectivity index (χ2v) is 5.78. The van der Waals surface area contributed by atoms with E-state index in [1.807, 2.05) is 30.3 Å². The van der Waals surface area contributed by atoms with E-state index in [1.165, 1.54) is 18.2 Å². The summed E-state index contributed by atoms with van der Waals surface area (Å²) in [7, 11) is 0. The van der Waals surface area contributed by atoms with Crippen LogP contribution in [0.5, 0.6) is 0 Å². The van der Waals surface area contributed by atoms with Gasteiger partial charge in [0.25, 0.3) is 0 Å². The molecule has 2 aromatic rings. The first-order valence-corrected chi connectivity index (χ1v) is 7.50. The highest BCUT2D eigenvalue weighted by Gasteiger charge is 2.30. The van der Waals surface area contributed by atoms with Crippen LogP contribution in [0.2, 0.25) is 0 Å². The van der Waals surface area contributed by atoms with Crippen molar-refractivity contribution in [2.24, 2.45) is 4.99 Å². The van der Waals surface area contributed by atoms with E-state index in [1.54, 1.807) is 0 Å². The number of carbonyl (C=O) groups is 1. The molecule has 2 aromatic carbocycles. The van der Waals surface area contributed by atoms with Gasteiger partial charge in [0, 0.05) is 5.56 Å². The minimum Gasteiger partial charge on any atom is -0.279 e. The van der Waals surface area contributed by atoms with Gasteiger partial charge in [-0.3, -0.25) is 4.79 Å². The third-order valence-corrected chi connectivity index (χ3v) is 4.10. The Morgan fingerprint density at radius 1 is 0.957 bits per heavy atom. The van der Waals surface area contributed by atoms with E-state index >= 15 is 0 Å². The summed E-state index contributed by atoms with van der Waals surface area (Å²) in [5.41, 5.74) is 0.843. The molecular formula is C17H10F3NOS. The van der Waals surface area contributed by atoms with Crippen molar-refractivity contribution < 1.29 is 18.0 Å². The molecule has 0 aromatic heterocycles. The Balaban J connectivity index is 1.88. The van der Waals surface area contributed by atoms with Crippen molar-refractivity contribution in [3.8, 4) is 0 Å². The van der Waals surface area contributed by atoms with Crippen LogP contribution < -0.4 is 0 Å². The van der Waals surface area contributed by atoms with Crippen LogP contribution >= 0.6 is 11.8 Å². The second-order valence-electron chi connectivity index (χ2n) is 4.82. The van der Waals surface area contributed by atoms with Gasteiger partial charge in [0.2, 0.25) is 5.12 Å². The smallest absolute Gasteiger partial charge is 0.279 e. The zero-order valence-electron chi connectivity index (χ0n) is 11.7. The standard InChI is InChI=1S/C17H10F3NOS/c18-17(19,20)13-8-6-11(7-9-13)10-14-16(22)23-15(21-14)12-4-2-1-3-5-12/h1-10H. The zero-order valence-corrected chi connectivity index (χ0v) is 12.5. The average Bonchev–Trinajstić information content (AvgIpc) is 2.89. The molecule has 2 nitrogen and oxygen atoms in total. The summed E-state index contributed by atoms with van der Waals surface area (Å²) in [5, 5.41) is 0.373. The van der Waals surface area contributed by atoms with E-state index in [9.17, 15) is 18.0 Å². The summed E-state index contributed by atoms with van der Waals surface area (Å²) >= 11 is 1.02. The third kappa shape index (κ3) is 3.53. The van der Waals surface area contributed by atoms with Crippen LogP contribution in [-0.2, 0) is 11.0 Å². The summed E-state index contributed by atoms with van der Waals surface area (Å²) in [6.07, 6.45) is -2.88. The number of aliphatic imine (C=N–C) groups is 1. The van der Waals surface area contributed by atoms with Crippen molar-refractivity contribution in [1.82, 2.24) is 0 Å². The largest absolute Gasteiger partial charge is 0.416 e. The van der Waals surface area contributed by atoms with Gasteiger partial charge in [-0.1, -0.05) is 42.5 Å². The maximum absolute atomic E-state index is 12.5. The van der Waals surface area contributed by atoms with Crippen LogP contribution in [0.25, 0.3) is 6.08 Å². The van der Waals surface area contributed by atoms with Crippen molar-refractivity contribution in [2.45, 2.75) is 6.18 Å². The molecule has 6 heteroatoms. The van der Waals surface area contributed by atoms with Crippen molar-refractivity contribution >= 4 is 28.0 Å². The molecule has 23 heavy (non-hydrogen) atoms. The fourth-order valence-corrected chi connectivity index (χ4v) is 2.82. The fraction of sp³-hybridized carbons (Fsp3) is 0.0588. The average molecular weight is 333 g/mol. The van der Waals surface area contributed by atoms with Crippen LogP contribution in [0, 0.1) is 0 Å². The number of nitrogens with zero attached hydrogens (tertiary/aromatic N) is 1. The van der Waals surface area contributed by atoms with E-state index < -0.39 is 11.7 Å². The number of hydrogen-bond acceptors (Lipinski definition) is 3. The van der Waals surface area contributed by atoms with Gasteiger partial charge in [-0.2, -0.15) is 13.2 Å². The van der Waals surface area contributed by atoms with E-state index in [0.29, 0.717) is 10.6 Å². The predicted octanol–water partition coefficient (Wildman–Crippen LogP) is 4.77. The first-order chi connectivity index (χ1) is 10.9. The first kappa shape index (κ1) is 15.6. The lowest BCUT2D eigenvalue weighted by Crippen LogP contribution is -2.04. The number of halogens is 3. The number of alkyl halides is 3. The molecule has 0 saturated carbocycles. The summed E-state index contributed by atoms with van der Waals surface area (Å²) in [6.45, 7) is 0. The Morgan fingerprint density at radius 2 is 1.61 bits per heavy atom. The van der Waals surface area contributed by atoms with Crippen molar-refractivity contribution in [2.75, 3.05) is 0 Å². The molecule has 1 heterocycles. The van der Waals surface area contributed by atoms with Gasteiger partial charge in [-0.05, 0) is 35.5 Å². The maximum atomic E-state index is 12.5. The Morgan fingerprint density at radius 3 is 2.22 bits per heavy atom. The minimum atomic E-state index is -4.37. The van der Waals surface area contributed by atoms with Gasteiger partial charge in [-0.25, -0.2) is 4.99 Å². The molecule has 0 N–H and O–H groups in total. The molecule has 1 aliphatic rings. The Labute approximate surface area is 134 Å². The monoisotopic (exact) mass is 333 g/mol. The van der Waals surface area contributed by atoms with Crippen LogP contribution in [0.1, 0.15) is 16.7 Å². The number of rotatable bonds is 2. The third-order valence-electron chi connectivity index (χ3n) is 3.18. The predicted molar refractivity (Wildman–Crippen MR) is 85.0 cm³/mol. The normalized spacial score (nSPS) is 16.7. The molecule has 0 aliphatic carbocycles. The van der Waals surface area contributed by atoms with Crippen LogP contribution in [0.3, 0.4) is 0 Å². The highest BCUT2D eigenvalue weighted by atomic mass is 32.2. The molecule has 116 valence electrons. The highest BCUT2D eigenvalue weighted by molar-refractivity contribution is 8.27. The summed E-state index contributed by atoms with van der Waals surface area (Å²) in [5.74, 6) is 0.